The Bertz CT molecular complexity index is 714. The van der Waals surface area contributed by atoms with E-state index in [1.54, 1.807) is 18.2 Å². The molecule has 0 aliphatic carbocycles. The summed E-state index contributed by atoms with van der Waals surface area (Å²) in [5, 5.41) is 3.84. The highest BCUT2D eigenvalue weighted by molar-refractivity contribution is 7.07. The van der Waals surface area contributed by atoms with Gasteiger partial charge in [0, 0.05) is 6.07 Å². The maximum absolute atomic E-state index is 12.2. The number of carbonyl (C=O) groups excluding carboxylic acids is 2. The molecule has 0 N–H and O–H groups in total. The van der Waals surface area contributed by atoms with Crippen LogP contribution in [0.2, 0.25) is 0 Å². The van der Waals surface area contributed by atoms with E-state index in [0.717, 1.165) is 11.5 Å². The first-order valence-electron chi connectivity index (χ1n) is 6.84. The number of rotatable bonds is 7. The van der Waals surface area contributed by atoms with E-state index in [1.165, 1.54) is 14.2 Å². The highest BCUT2D eigenvalue weighted by Crippen LogP contribution is 2.25. The van der Waals surface area contributed by atoms with Gasteiger partial charge in [-0.1, -0.05) is 11.4 Å². The van der Waals surface area contributed by atoms with Gasteiger partial charge in [-0.15, -0.1) is 5.10 Å². The molecule has 23 heavy (non-hydrogen) atoms. The Morgan fingerprint density at radius 1 is 1.22 bits per heavy atom. The number of aryl methyl sites for hydroxylation is 1. The van der Waals surface area contributed by atoms with Crippen molar-refractivity contribution in [2.75, 3.05) is 20.8 Å². The van der Waals surface area contributed by atoms with Crippen LogP contribution >= 0.6 is 11.5 Å². The highest BCUT2D eigenvalue weighted by atomic mass is 32.1. The third-order valence-corrected chi connectivity index (χ3v) is 3.87. The molecule has 1 heterocycles. The Balaban J connectivity index is 2.06. The normalized spacial score (nSPS) is 10.2. The second-order valence-corrected chi connectivity index (χ2v) is 5.22. The lowest BCUT2D eigenvalue weighted by Gasteiger charge is -2.09. The lowest BCUT2D eigenvalue weighted by atomic mass is 10.1. The predicted molar refractivity (Wildman–Crippen MR) is 83.4 cm³/mol. The monoisotopic (exact) mass is 336 g/mol. The van der Waals surface area contributed by atoms with E-state index in [4.69, 9.17) is 14.2 Å². The number of Topliss-reactive ketones (excluding diaryl/α,β-unsaturated/α-hetero) is 1. The smallest absolute Gasteiger partial charge is 0.352 e. The van der Waals surface area contributed by atoms with Crippen molar-refractivity contribution < 1.29 is 23.8 Å². The quantitative estimate of drug-likeness (QED) is 0.565. The van der Waals surface area contributed by atoms with Crippen LogP contribution in [0.3, 0.4) is 0 Å². The van der Waals surface area contributed by atoms with Crippen LogP contribution in [0.15, 0.2) is 18.2 Å². The van der Waals surface area contributed by atoms with Crippen molar-refractivity contribution in [3.8, 4) is 11.5 Å². The highest BCUT2D eigenvalue weighted by Gasteiger charge is 2.20. The summed E-state index contributed by atoms with van der Waals surface area (Å²) in [4.78, 5) is 24.5. The maximum Gasteiger partial charge on any atom is 0.352 e. The minimum atomic E-state index is -0.599. The van der Waals surface area contributed by atoms with E-state index >= 15 is 0 Å². The molecule has 7 nitrogen and oxygen atoms in total. The third kappa shape index (κ3) is 3.84. The fourth-order valence-electron chi connectivity index (χ4n) is 1.90. The largest absolute Gasteiger partial charge is 0.497 e. The van der Waals surface area contributed by atoms with Crippen LogP contribution in [0.25, 0.3) is 0 Å². The number of esters is 1. The summed E-state index contributed by atoms with van der Waals surface area (Å²) in [6.07, 6.45) is 0.571. The van der Waals surface area contributed by atoms with Crippen LogP contribution in [0.4, 0.5) is 0 Å². The fourth-order valence-corrected chi connectivity index (χ4v) is 2.54. The van der Waals surface area contributed by atoms with E-state index in [-0.39, 0.29) is 12.4 Å². The summed E-state index contributed by atoms with van der Waals surface area (Å²) >= 11 is 0.954. The van der Waals surface area contributed by atoms with Crippen LogP contribution in [-0.4, -0.2) is 42.2 Å². The summed E-state index contributed by atoms with van der Waals surface area (Å²) in [5.41, 5.74) is 0.883. The van der Waals surface area contributed by atoms with E-state index < -0.39 is 5.97 Å². The number of methoxy groups -OCH3 is 2. The summed E-state index contributed by atoms with van der Waals surface area (Å²) < 4.78 is 19.0. The summed E-state index contributed by atoms with van der Waals surface area (Å²) in [6, 6.07) is 4.80. The first kappa shape index (κ1) is 16.9. The Morgan fingerprint density at radius 2 is 2.00 bits per heavy atom. The number of ether oxygens (including phenoxy) is 3. The third-order valence-electron chi connectivity index (χ3n) is 3.12. The molecule has 8 heteroatoms. The summed E-state index contributed by atoms with van der Waals surface area (Å²) in [6.45, 7) is 1.48. The van der Waals surface area contributed by atoms with Crippen molar-refractivity contribution >= 4 is 23.3 Å². The number of benzene rings is 1. The predicted octanol–water partition coefficient (Wildman–Crippen LogP) is 2.16. The zero-order valence-corrected chi connectivity index (χ0v) is 13.8. The second-order valence-electron chi connectivity index (χ2n) is 4.47. The molecule has 0 saturated carbocycles. The molecule has 0 amide bonds. The number of nitrogens with zero attached hydrogens (tertiary/aromatic N) is 2. The van der Waals surface area contributed by atoms with Crippen LogP contribution < -0.4 is 9.47 Å². The number of hydrogen-bond donors (Lipinski definition) is 0. The Morgan fingerprint density at radius 3 is 2.65 bits per heavy atom. The van der Waals surface area contributed by atoms with Gasteiger partial charge in [-0.2, -0.15) is 0 Å². The molecule has 0 atom stereocenters. The standard InChI is InChI=1S/C15H16N2O5S/c1-4-11-14(23-17-16-11)15(19)22-8-12(18)10-6-5-9(20-2)7-13(10)21-3/h5-7H,4,8H2,1-3H3. The van der Waals surface area contributed by atoms with Gasteiger partial charge in [0.1, 0.15) is 11.5 Å². The molecule has 1 aromatic heterocycles. The van der Waals surface area contributed by atoms with Crippen molar-refractivity contribution in [3.63, 3.8) is 0 Å². The van der Waals surface area contributed by atoms with Crippen molar-refractivity contribution in [2.45, 2.75) is 13.3 Å². The van der Waals surface area contributed by atoms with Crippen molar-refractivity contribution in [2.24, 2.45) is 0 Å². The first-order valence-corrected chi connectivity index (χ1v) is 7.61. The topological polar surface area (TPSA) is 87.6 Å². The van der Waals surface area contributed by atoms with Gasteiger partial charge < -0.3 is 14.2 Å². The zero-order valence-electron chi connectivity index (χ0n) is 13.0. The van der Waals surface area contributed by atoms with Crippen molar-refractivity contribution in [1.29, 1.82) is 0 Å². The van der Waals surface area contributed by atoms with Crippen molar-refractivity contribution in [3.05, 3.63) is 34.3 Å². The van der Waals surface area contributed by atoms with Crippen LogP contribution in [0.5, 0.6) is 11.5 Å². The van der Waals surface area contributed by atoms with Gasteiger partial charge in [-0.05, 0) is 30.1 Å². The Hall–Kier alpha value is -2.48. The van der Waals surface area contributed by atoms with Gasteiger partial charge in [0.15, 0.2) is 11.5 Å². The minimum Gasteiger partial charge on any atom is -0.497 e. The van der Waals surface area contributed by atoms with E-state index in [9.17, 15) is 9.59 Å². The first-order chi connectivity index (χ1) is 11.1. The average Bonchev–Trinajstić information content (AvgIpc) is 3.07. The molecule has 2 aromatic rings. The molecule has 0 aliphatic rings. The maximum atomic E-state index is 12.2. The van der Waals surface area contributed by atoms with E-state index in [2.05, 4.69) is 9.59 Å². The van der Waals surface area contributed by atoms with E-state index in [0.29, 0.717) is 34.1 Å². The molecule has 0 aliphatic heterocycles. The van der Waals surface area contributed by atoms with Crippen LogP contribution in [-0.2, 0) is 11.2 Å². The Kier molecular flexibility index (Phi) is 5.64. The number of carbonyl (C=O) groups is 2. The Labute approximate surface area is 137 Å². The van der Waals surface area contributed by atoms with Crippen molar-refractivity contribution in [1.82, 2.24) is 9.59 Å². The fraction of sp³-hybridized carbons (Fsp3) is 0.333. The number of ketones is 1. The zero-order chi connectivity index (χ0) is 16.8. The molecule has 0 unspecified atom stereocenters. The van der Waals surface area contributed by atoms with Gasteiger partial charge in [0.05, 0.1) is 25.5 Å². The molecule has 0 spiro atoms. The molecule has 1 aromatic carbocycles. The lowest BCUT2D eigenvalue weighted by molar-refractivity contribution is 0.0477. The van der Waals surface area contributed by atoms with Gasteiger partial charge >= 0.3 is 5.97 Å². The summed E-state index contributed by atoms with van der Waals surface area (Å²) in [5.74, 6) is -0.0381. The van der Waals surface area contributed by atoms with Gasteiger partial charge in [-0.25, -0.2) is 4.79 Å². The molecule has 0 radical (unpaired) electrons. The molecule has 122 valence electrons. The molecule has 0 bridgehead atoms. The molecular weight excluding hydrogens is 320 g/mol. The average molecular weight is 336 g/mol. The number of aromatic nitrogens is 2. The van der Waals surface area contributed by atoms with Gasteiger partial charge in [0.25, 0.3) is 0 Å². The van der Waals surface area contributed by atoms with E-state index in [1.807, 2.05) is 6.92 Å². The lowest BCUT2D eigenvalue weighted by Crippen LogP contribution is -2.15. The molecule has 0 fully saturated rings. The van der Waals surface area contributed by atoms with Crippen LogP contribution in [0.1, 0.15) is 32.6 Å². The minimum absolute atomic E-state index is 0.319. The molecule has 2 rings (SSSR count). The SMILES string of the molecule is CCc1nnsc1C(=O)OCC(=O)c1ccc(OC)cc1OC. The molecular formula is C15H16N2O5S. The van der Waals surface area contributed by atoms with Gasteiger partial charge in [0.2, 0.25) is 5.78 Å². The number of hydrogen-bond acceptors (Lipinski definition) is 8. The van der Waals surface area contributed by atoms with Gasteiger partial charge in [-0.3, -0.25) is 4.79 Å². The second kappa shape index (κ2) is 7.68. The molecule has 0 saturated heterocycles. The summed E-state index contributed by atoms with van der Waals surface area (Å²) in [7, 11) is 2.97. The van der Waals surface area contributed by atoms with Crippen LogP contribution in [0, 0.1) is 0 Å².